The van der Waals surface area contributed by atoms with Crippen LogP contribution in [0.3, 0.4) is 0 Å². The standard InChI is InChI=1S/C14H15ClN4O/c1-2-6-16-11-5-7-17-12(8-11)14(20)19-13-4-3-10(15)9-18-13/h3-5,7-9H,2,6H2,1H3,(H,16,17)(H,18,19,20). The van der Waals surface area contributed by atoms with Crippen LogP contribution in [0.4, 0.5) is 11.5 Å². The maximum Gasteiger partial charge on any atom is 0.275 e. The van der Waals surface area contributed by atoms with E-state index >= 15 is 0 Å². The Labute approximate surface area is 122 Å². The molecule has 104 valence electrons. The van der Waals surface area contributed by atoms with Crippen LogP contribution in [0, 0.1) is 0 Å². The first-order chi connectivity index (χ1) is 9.69. The summed E-state index contributed by atoms with van der Waals surface area (Å²) in [6.07, 6.45) is 4.09. The highest BCUT2D eigenvalue weighted by molar-refractivity contribution is 6.30. The number of pyridine rings is 2. The van der Waals surface area contributed by atoms with Crippen molar-refractivity contribution in [2.75, 3.05) is 17.2 Å². The van der Waals surface area contributed by atoms with Crippen molar-refractivity contribution in [2.24, 2.45) is 0 Å². The molecule has 2 aromatic rings. The average molecular weight is 291 g/mol. The Kier molecular flexibility index (Phi) is 4.90. The molecule has 2 heterocycles. The van der Waals surface area contributed by atoms with Gasteiger partial charge in [0.2, 0.25) is 0 Å². The molecule has 0 radical (unpaired) electrons. The highest BCUT2D eigenvalue weighted by Gasteiger charge is 2.09. The average Bonchev–Trinajstić information content (AvgIpc) is 2.48. The molecule has 2 N–H and O–H groups in total. The summed E-state index contributed by atoms with van der Waals surface area (Å²) in [6.45, 7) is 2.93. The summed E-state index contributed by atoms with van der Waals surface area (Å²) in [4.78, 5) is 20.1. The molecule has 0 fully saturated rings. The number of rotatable bonds is 5. The third kappa shape index (κ3) is 3.93. The van der Waals surface area contributed by atoms with Crippen molar-refractivity contribution >= 4 is 29.0 Å². The van der Waals surface area contributed by atoms with Crippen molar-refractivity contribution in [3.8, 4) is 0 Å². The van der Waals surface area contributed by atoms with E-state index in [1.54, 1.807) is 24.4 Å². The maximum atomic E-state index is 12.1. The smallest absolute Gasteiger partial charge is 0.275 e. The monoisotopic (exact) mass is 290 g/mol. The van der Waals surface area contributed by atoms with Gasteiger partial charge in [-0.15, -0.1) is 0 Å². The lowest BCUT2D eigenvalue weighted by molar-refractivity contribution is 0.102. The van der Waals surface area contributed by atoms with Crippen LogP contribution in [-0.2, 0) is 0 Å². The molecular formula is C14H15ClN4O. The van der Waals surface area contributed by atoms with E-state index < -0.39 is 0 Å². The minimum absolute atomic E-state index is 0.306. The number of carbonyl (C=O) groups is 1. The van der Waals surface area contributed by atoms with Gasteiger partial charge in [0.1, 0.15) is 11.5 Å². The Balaban J connectivity index is 2.06. The van der Waals surface area contributed by atoms with Crippen molar-refractivity contribution < 1.29 is 4.79 Å². The third-order valence-corrected chi connectivity index (χ3v) is 2.76. The SMILES string of the molecule is CCCNc1ccnc(C(=O)Nc2ccc(Cl)cn2)c1. The van der Waals surface area contributed by atoms with Gasteiger partial charge in [0.05, 0.1) is 5.02 Å². The lowest BCUT2D eigenvalue weighted by atomic mass is 10.3. The fraction of sp³-hybridized carbons (Fsp3) is 0.214. The molecule has 5 nitrogen and oxygen atoms in total. The zero-order chi connectivity index (χ0) is 14.4. The first-order valence-corrected chi connectivity index (χ1v) is 6.69. The minimum atomic E-state index is -0.306. The predicted molar refractivity (Wildman–Crippen MR) is 80.2 cm³/mol. The molecule has 20 heavy (non-hydrogen) atoms. The summed E-state index contributed by atoms with van der Waals surface area (Å²) in [5.41, 5.74) is 1.21. The molecule has 0 bridgehead atoms. The van der Waals surface area contributed by atoms with Gasteiger partial charge >= 0.3 is 0 Å². The van der Waals surface area contributed by atoms with Crippen LogP contribution in [0.2, 0.25) is 5.02 Å². The molecule has 1 amide bonds. The summed E-state index contributed by atoms with van der Waals surface area (Å²) >= 11 is 5.74. The summed E-state index contributed by atoms with van der Waals surface area (Å²) in [6, 6.07) is 6.84. The second kappa shape index (κ2) is 6.86. The minimum Gasteiger partial charge on any atom is -0.385 e. The van der Waals surface area contributed by atoms with E-state index in [0.717, 1.165) is 18.7 Å². The molecule has 0 atom stereocenters. The molecule has 2 rings (SSSR count). The Hall–Kier alpha value is -2.14. The first kappa shape index (κ1) is 14.3. The van der Waals surface area contributed by atoms with Crippen LogP contribution in [0.1, 0.15) is 23.8 Å². The van der Waals surface area contributed by atoms with Gasteiger partial charge in [-0.25, -0.2) is 4.98 Å². The summed E-state index contributed by atoms with van der Waals surface area (Å²) in [5, 5.41) is 6.40. The molecular weight excluding hydrogens is 276 g/mol. The number of aromatic nitrogens is 2. The van der Waals surface area contributed by atoms with Gasteiger partial charge in [-0.05, 0) is 30.7 Å². The number of carbonyl (C=O) groups excluding carboxylic acids is 1. The second-order valence-corrected chi connectivity index (χ2v) is 4.61. The quantitative estimate of drug-likeness (QED) is 0.887. The number of nitrogens with zero attached hydrogens (tertiary/aromatic N) is 2. The normalized spacial score (nSPS) is 10.1. The van der Waals surface area contributed by atoms with E-state index in [1.807, 2.05) is 6.07 Å². The Morgan fingerprint density at radius 3 is 2.85 bits per heavy atom. The molecule has 2 aromatic heterocycles. The van der Waals surface area contributed by atoms with E-state index in [1.165, 1.54) is 6.20 Å². The van der Waals surface area contributed by atoms with Crippen molar-refractivity contribution in [3.63, 3.8) is 0 Å². The van der Waals surface area contributed by atoms with E-state index in [2.05, 4.69) is 27.5 Å². The number of nitrogens with one attached hydrogen (secondary N) is 2. The van der Waals surface area contributed by atoms with Gasteiger partial charge in [-0.3, -0.25) is 9.78 Å². The van der Waals surface area contributed by atoms with Crippen molar-refractivity contribution in [1.82, 2.24) is 9.97 Å². The van der Waals surface area contributed by atoms with E-state index in [9.17, 15) is 4.79 Å². The largest absolute Gasteiger partial charge is 0.385 e. The summed E-state index contributed by atoms with van der Waals surface area (Å²) in [7, 11) is 0. The predicted octanol–water partition coefficient (Wildman–Crippen LogP) is 3.20. The van der Waals surface area contributed by atoms with E-state index in [0.29, 0.717) is 16.5 Å². The maximum absolute atomic E-state index is 12.1. The van der Waals surface area contributed by atoms with Gasteiger partial charge in [0.15, 0.2) is 0 Å². The Morgan fingerprint density at radius 1 is 1.30 bits per heavy atom. The Morgan fingerprint density at radius 2 is 2.15 bits per heavy atom. The Bertz CT molecular complexity index is 586. The van der Waals surface area contributed by atoms with Crippen LogP contribution in [0.25, 0.3) is 0 Å². The number of anilines is 2. The topological polar surface area (TPSA) is 66.9 Å². The fourth-order valence-electron chi connectivity index (χ4n) is 1.56. The molecule has 0 aliphatic heterocycles. The molecule has 0 saturated carbocycles. The summed E-state index contributed by atoms with van der Waals surface area (Å²) < 4.78 is 0. The molecule has 0 unspecified atom stereocenters. The highest BCUT2D eigenvalue weighted by atomic mass is 35.5. The molecule has 0 saturated heterocycles. The van der Waals surface area contributed by atoms with Crippen LogP contribution in [0.15, 0.2) is 36.7 Å². The fourth-order valence-corrected chi connectivity index (χ4v) is 1.68. The lowest BCUT2D eigenvalue weighted by Gasteiger charge is -2.07. The molecule has 0 aliphatic carbocycles. The molecule has 6 heteroatoms. The van der Waals surface area contributed by atoms with Crippen LogP contribution >= 0.6 is 11.6 Å². The van der Waals surface area contributed by atoms with Crippen LogP contribution < -0.4 is 10.6 Å². The number of hydrogen-bond acceptors (Lipinski definition) is 4. The van der Waals surface area contributed by atoms with Gasteiger partial charge in [-0.2, -0.15) is 0 Å². The van der Waals surface area contributed by atoms with Crippen molar-refractivity contribution in [3.05, 3.63) is 47.4 Å². The summed E-state index contributed by atoms with van der Waals surface area (Å²) in [5.74, 6) is 0.132. The van der Waals surface area contributed by atoms with Crippen LogP contribution in [-0.4, -0.2) is 22.4 Å². The van der Waals surface area contributed by atoms with E-state index in [4.69, 9.17) is 11.6 Å². The van der Waals surface area contributed by atoms with Gasteiger partial charge in [-0.1, -0.05) is 18.5 Å². The van der Waals surface area contributed by atoms with Gasteiger partial charge in [0.25, 0.3) is 5.91 Å². The van der Waals surface area contributed by atoms with E-state index in [-0.39, 0.29) is 5.91 Å². The second-order valence-electron chi connectivity index (χ2n) is 4.17. The highest BCUT2D eigenvalue weighted by Crippen LogP contribution is 2.12. The number of hydrogen-bond donors (Lipinski definition) is 2. The lowest BCUT2D eigenvalue weighted by Crippen LogP contribution is -2.15. The molecule has 0 spiro atoms. The number of amides is 1. The first-order valence-electron chi connectivity index (χ1n) is 6.32. The van der Waals surface area contributed by atoms with Crippen molar-refractivity contribution in [2.45, 2.75) is 13.3 Å². The zero-order valence-corrected chi connectivity index (χ0v) is 11.8. The number of halogens is 1. The molecule has 0 aromatic carbocycles. The van der Waals surface area contributed by atoms with Crippen molar-refractivity contribution in [1.29, 1.82) is 0 Å². The third-order valence-electron chi connectivity index (χ3n) is 2.54. The van der Waals surface area contributed by atoms with Gasteiger partial charge in [0, 0.05) is 24.6 Å². The molecule has 0 aliphatic rings. The van der Waals surface area contributed by atoms with Gasteiger partial charge < -0.3 is 10.6 Å². The zero-order valence-electron chi connectivity index (χ0n) is 11.1. The van der Waals surface area contributed by atoms with Crippen LogP contribution in [0.5, 0.6) is 0 Å².